The molecule has 3 aromatic rings. The van der Waals surface area contributed by atoms with Crippen LogP contribution in [0.3, 0.4) is 0 Å². The number of nitrogens with one attached hydrogen (secondary N) is 1. The van der Waals surface area contributed by atoms with Gasteiger partial charge in [-0.05, 0) is 50.1 Å². The van der Waals surface area contributed by atoms with Gasteiger partial charge in [-0.15, -0.1) is 0 Å². The van der Waals surface area contributed by atoms with Gasteiger partial charge < -0.3 is 9.84 Å². The van der Waals surface area contributed by atoms with Crippen molar-refractivity contribution in [1.29, 1.82) is 0 Å². The first-order chi connectivity index (χ1) is 14.4. The van der Waals surface area contributed by atoms with E-state index in [-0.39, 0.29) is 17.6 Å². The van der Waals surface area contributed by atoms with Crippen molar-refractivity contribution in [2.45, 2.75) is 32.9 Å². The van der Waals surface area contributed by atoms with Crippen LogP contribution in [0.15, 0.2) is 59.1 Å². The quantitative estimate of drug-likeness (QED) is 0.722. The molecule has 2 unspecified atom stereocenters. The molecular formula is C23H24N4O3. The smallest absolute Gasteiger partial charge is 0.274 e. The van der Waals surface area contributed by atoms with Gasteiger partial charge in [0.2, 0.25) is 0 Å². The SMILES string of the molecule is Cc1ccc(-c2cc(C(=O)NC3C(=O)N(c4ccccc4)N(C)C3C)no2)cc1C. The summed E-state index contributed by atoms with van der Waals surface area (Å²) in [6, 6.07) is 16.0. The van der Waals surface area contributed by atoms with Gasteiger partial charge in [-0.2, -0.15) is 0 Å². The second kappa shape index (κ2) is 7.76. The Bertz CT molecular complexity index is 1090. The van der Waals surface area contributed by atoms with Gasteiger partial charge in [-0.25, -0.2) is 10.0 Å². The zero-order chi connectivity index (χ0) is 21.4. The molecule has 2 aromatic carbocycles. The number of hydrogen-bond donors (Lipinski definition) is 1. The number of hydrazine groups is 1. The Morgan fingerprint density at radius 1 is 1.07 bits per heavy atom. The van der Waals surface area contributed by atoms with Gasteiger partial charge in [0.25, 0.3) is 11.8 Å². The Labute approximate surface area is 175 Å². The summed E-state index contributed by atoms with van der Waals surface area (Å²) < 4.78 is 5.38. The Hall–Kier alpha value is -3.45. The van der Waals surface area contributed by atoms with Crippen LogP contribution in [0.4, 0.5) is 5.69 Å². The number of anilines is 1. The summed E-state index contributed by atoms with van der Waals surface area (Å²) in [4.78, 5) is 25.8. The lowest BCUT2D eigenvalue weighted by Crippen LogP contribution is -2.45. The predicted octanol–water partition coefficient (Wildman–Crippen LogP) is 3.34. The Morgan fingerprint density at radius 3 is 2.50 bits per heavy atom. The molecule has 7 nitrogen and oxygen atoms in total. The highest BCUT2D eigenvalue weighted by Crippen LogP contribution is 2.26. The van der Waals surface area contributed by atoms with E-state index in [0.717, 1.165) is 16.8 Å². The normalized spacial score (nSPS) is 19.3. The number of amides is 2. The fraction of sp³-hybridized carbons (Fsp3) is 0.261. The van der Waals surface area contributed by atoms with Crippen LogP contribution in [0, 0.1) is 13.8 Å². The highest BCUT2D eigenvalue weighted by atomic mass is 16.5. The van der Waals surface area contributed by atoms with Crippen molar-refractivity contribution >= 4 is 17.5 Å². The topological polar surface area (TPSA) is 78.7 Å². The van der Waals surface area contributed by atoms with E-state index in [2.05, 4.69) is 10.5 Å². The highest BCUT2D eigenvalue weighted by Gasteiger charge is 2.44. The first kappa shape index (κ1) is 19.8. The standard InChI is InChI=1S/C23H24N4O3/c1-14-10-11-17(12-15(14)2)20-13-19(25-30-20)22(28)24-21-16(3)26(4)27(23(21)29)18-8-6-5-7-9-18/h5-13,16,21H,1-4H3,(H,24,28). The van der Waals surface area contributed by atoms with Gasteiger partial charge in [0.15, 0.2) is 11.5 Å². The third kappa shape index (κ3) is 3.48. The van der Waals surface area contributed by atoms with Crippen LogP contribution in [0.2, 0.25) is 0 Å². The molecule has 1 aliphatic rings. The second-order valence-electron chi connectivity index (χ2n) is 7.63. The third-order valence-electron chi connectivity index (χ3n) is 5.68. The summed E-state index contributed by atoms with van der Waals surface area (Å²) in [7, 11) is 1.83. The first-order valence-corrected chi connectivity index (χ1v) is 9.84. The number of aryl methyl sites for hydroxylation is 2. The molecule has 2 amide bonds. The number of carbonyl (C=O) groups excluding carboxylic acids is 2. The van der Waals surface area contributed by atoms with E-state index in [1.54, 1.807) is 11.1 Å². The maximum Gasteiger partial charge on any atom is 0.274 e. The van der Waals surface area contributed by atoms with Crippen molar-refractivity contribution in [3.63, 3.8) is 0 Å². The van der Waals surface area contributed by atoms with Gasteiger partial charge in [-0.3, -0.25) is 9.59 Å². The molecule has 0 radical (unpaired) electrons. The van der Waals surface area contributed by atoms with Gasteiger partial charge in [0.05, 0.1) is 11.7 Å². The number of aromatic nitrogens is 1. The van der Waals surface area contributed by atoms with Crippen molar-refractivity contribution in [1.82, 2.24) is 15.5 Å². The predicted molar refractivity (Wildman–Crippen MR) is 114 cm³/mol. The maximum absolute atomic E-state index is 13.0. The number of benzene rings is 2. The average Bonchev–Trinajstić information content (AvgIpc) is 3.31. The second-order valence-corrected chi connectivity index (χ2v) is 7.63. The van der Waals surface area contributed by atoms with E-state index in [0.29, 0.717) is 5.76 Å². The van der Waals surface area contributed by atoms with E-state index in [9.17, 15) is 9.59 Å². The molecule has 30 heavy (non-hydrogen) atoms. The molecular weight excluding hydrogens is 380 g/mol. The van der Waals surface area contributed by atoms with Gasteiger partial charge in [-0.1, -0.05) is 35.5 Å². The lowest BCUT2D eigenvalue weighted by Gasteiger charge is -2.26. The van der Waals surface area contributed by atoms with Crippen LogP contribution in [-0.2, 0) is 4.79 Å². The van der Waals surface area contributed by atoms with E-state index < -0.39 is 11.9 Å². The largest absolute Gasteiger partial charge is 0.355 e. The Morgan fingerprint density at radius 2 is 1.80 bits per heavy atom. The van der Waals surface area contributed by atoms with E-state index in [4.69, 9.17) is 4.52 Å². The van der Waals surface area contributed by atoms with Crippen LogP contribution >= 0.6 is 0 Å². The number of carbonyl (C=O) groups is 2. The van der Waals surface area contributed by atoms with Crippen LogP contribution in [0.25, 0.3) is 11.3 Å². The number of hydrogen-bond acceptors (Lipinski definition) is 5. The molecule has 0 bridgehead atoms. The summed E-state index contributed by atoms with van der Waals surface area (Å²) in [6.45, 7) is 5.95. The summed E-state index contributed by atoms with van der Waals surface area (Å²) in [6.07, 6.45) is 0. The number of para-hydroxylation sites is 1. The minimum Gasteiger partial charge on any atom is -0.355 e. The lowest BCUT2D eigenvalue weighted by molar-refractivity contribution is -0.119. The third-order valence-corrected chi connectivity index (χ3v) is 5.68. The van der Waals surface area contributed by atoms with Gasteiger partial charge >= 0.3 is 0 Å². The summed E-state index contributed by atoms with van der Waals surface area (Å²) in [5.74, 6) is -0.123. The molecule has 1 aromatic heterocycles. The molecule has 0 saturated carbocycles. The molecule has 4 rings (SSSR count). The fourth-order valence-electron chi connectivity index (χ4n) is 3.58. The number of likely N-dealkylation sites (N-methyl/N-ethyl adjacent to an activating group) is 1. The molecule has 1 fully saturated rings. The molecule has 2 heterocycles. The molecule has 154 valence electrons. The van der Waals surface area contributed by atoms with Crippen LogP contribution in [-0.4, -0.2) is 41.1 Å². The summed E-state index contributed by atoms with van der Waals surface area (Å²) in [5.41, 5.74) is 4.06. The monoisotopic (exact) mass is 404 g/mol. The van der Waals surface area contributed by atoms with Crippen molar-refractivity contribution in [2.75, 3.05) is 12.1 Å². The molecule has 0 spiro atoms. The Balaban J connectivity index is 1.52. The van der Waals surface area contributed by atoms with Crippen LogP contribution in [0.1, 0.15) is 28.5 Å². The van der Waals surface area contributed by atoms with E-state index in [1.165, 1.54) is 5.56 Å². The summed E-state index contributed by atoms with van der Waals surface area (Å²) in [5, 5.41) is 10.1. The zero-order valence-electron chi connectivity index (χ0n) is 17.4. The van der Waals surface area contributed by atoms with Crippen LogP contribution in [0.5, 0.6) is 0 Å². The van der Waals surface area contributed by atoms with Crippen molar-refractivity contribution in [3.05, 3.63) is 71.4 Å². The molecule has 1 saturated heterocycles. The van der Waals surface area contributed by atoms with Crippen molar-refractivity contribution < 1.29 is 14.1 Å². The Kier molecular flexibility index (Phi) is 5.13. The van der Waals surface area contributed by atoms with E-state index in [1.807, 2.05) is 81.4 Å². The molecule has 7 heteroatoms. The fourth-order valence-corrected chi connectivity index (χ4v) is 3.58. The molecule has 1 N–H and O–H groups in total. The minimum absolute atomic E-state index is 0.143. The van der Waals surface area contributed by atoms with Gasteiger partial charge in [0, 0.05) is 18.7 Å². The summed E-state index contributed by atoms with van der Waals surface area (Å²) >= 11 is 0. The molecule has 0 aliphatic carbocycles. The van der Waals surface area contributed by atoms with Crippen molar-refractivity contribution in [2.24, 2.45) is 0 Å². The van der Waals surface area contributed by atoms with Gasteiger partial charge in [0.1, 0.15) is 6.04 Å². The van der Waals surface area contributed by atoms with Crippen LogP contribution < -0.4 is 10.3 Å². The zero-order valence-corrected chi connectivity index (χ0v) is 17.4. The molecule has 1 aliphatic heterocycles. The van der Waals surface area contributed by atoms with Crippen molar-refractivity contribution in [3.8, 4) is 11.3 Å². The lowest BCUT2D eigenvalue weighted by atomic mass is 10.0. The minimum atomic E-state index is -0.690. The number of rotatable bonds is 4. The number of nitrogens with zero attached hydrogens (tertiary/aromatic N) is 3. The molecule has 2 atom stereocenters. The van der Waals surface area contributed by atoms with E-state index >= 15 is 0 Å². The average molecular weight is 404 g/mol. The highest BCUT2D eigenvalue weighted by molar-refractivity contribution is 6.03. The first-order valence-electron chi connectivity index (χ1n) is 9.84. The maximum atomic E-state index is 13.0.